The van der Waals surface area contributed by atoms with E-state index in [9.17, 15) is 0 Å². The maximum atomic E-state index is 2.61. The third-order valence-electron chi connectivity index (χ3n) is 16.7. The Morgan fingerprint density at radius 3 is 1.13 bits per heavy atom. The summed E-state index contributed by atoms with van der Waals surface area (Å²) in [4.78, 5) is 10.3. The zero-order chi connectivity index (χ0) is 46.1. The highest BCUT2D eigenvalue weighted by Gasteiger charge is 2.47. The number of fused-ring (bicyclic) bond motifs is 15. The van der Waals surface area contributed by atoms with Gasteiger partial charge in [0.1, 0.15) is 0 Å². The van der Waals surface area contributed by atoms with Gasteiger partial charge in [0.15, 0.2) is 0 Å². The van der Waals surface area contributed by atoms with Crippen molar-refractivity contribution >= 4 is 146 Å². The summed E-state index contributed by atoms with van der Waals surface area (Å²) in [5, 5.41) is 2.66. The van der Waals surface area contributed by atoms with E-state index in [0.29, 0.717) is 0 Å². The molecule has 0 atom stereocenters. The molecule has 1 aromatic heterocycles. The summed E-state index contributed by atoms with van der Waals surface area (Å²) in [6.07, 6.45) is 4.07. The number of aryl methyl sites for hydroxylation is 4. The van der Waals surface area contributed by atoms with Gasteiger partial charge in [-0.3, -0.25) is 0 Å². The van der Waals surface area contributed by atoms with E-state index >= 15 is 0 Å². The average molecular weight is 921 g/mol. The quantitative estimate of drug-likeness (QED) is 0.160. The lowest BCUT2D eigenvalue weighted by atomic mass is 9.33. The summed E-state index contributed by atoms with van der Waals surface area (Å²) >= 11 is 1.94. The third kappa shape index (κ3) is 5.11. The lowest BCUT2D eigenvalue weighted by Crippen LogP contribution is -2.61. The van der Waals surface area contributed by atoms with Gasteiger partial charge in [0, 0.05) is 77.6 Å². The lowest BCUT2D eigenvalue weighted by molar-refractivity contribution is 0.978. The van der Waals surface area contributed by atoms with Crippen molar-refractivity contribution in [2.24, 2.45) is 0 Å². The van der Waals surface area contributed by atoms with Gasteiger partial charge in [0.05, 0.1) is 0 Å². The zero-order valence-corrected chi connectivity index (χ0v) is 39.6. The highest BCUT2D eigenvalue weighted by Crippen LogP contribution is 2.51. The average Bonchev–Trinajstić information content (AvgIpc) is 3.55. The number of thiophene rings is 1. The number of para-hydroxylation sites is 6. The highest BCUT2D eigenvalue weighted by molar-refractivity contribution is 7.26. The molecule has 0 spiro atoms. The van der Waals surface area contributed by atoms with Crippen LogP contribution in [0.15, 0.2) is 206 Å². The normalized spacial score (nSPS) is 14.9. The summed E-state index contributed by atoms with van der Waals surface area (Å²) in [7, 11) is 0. The third-order valence-corrected chi connectivity index (χ3v) is 17.8. The summed E-state index contributed by atoms with van der Waals surface area (Å²) in [6, 6.07) is 78.9. The summed E-state index contributed by atoms with van der Waals surface area (Å²) < 4.78 is 2.62. The Labute approximate surface area is 417 Å². The van der Waals surface area contributed by atoms with Crippen molar-refractivity contribution in [1.82, 2.24) is 0 Å². The Kier molecular flexibility index (Phi) is 7.71. The van der Waals surface area contributed by atoms with Crippen molar-refractivity contribution in [1.29, 1.82) is 0 Å². The van der Waals surface area contributed by atoms with E-state index in [-0.39, 0.29) is 13.4 Å². The van der Waals surface area contributed by atoms with E-state index in [4.69, 9.17) is 0 Å². The Morgan fingerprint density at radius 2 is 0.662 bits per heavy atom. The van der Waals surface area contributed by atoms with Crippen molar-refractivity contribution in [3.05, 3.63) is 229 Å². The second-order valence-electron chi connectivity index (χ2n) is 20.2. The molecular weight excluding hydrogens is 878 g/mol. The molecule has 7 heteroatoms. The van der Waals surface area contributed by atoms with Crippen molar-refractivity contribution < 1.29 is 0 Å². The molecule has 0 N–H and O–H groups in total. The van der Waals surface area contributed by atoms with Crippen LogP contribution < -0.4 is 52.4 Å². The molecule has 6 aliphatic heterocycles. The Morgan fingerprint density at radius 1 is 0.296 bits per heavy atom. The van der Waals surface area contributed by atoms with Crippen LogP contribution in [0.3, 0.4) is 0 Å². The standard InChI is InChI=1S/C64H42B2N4S/c1-3-19-43(20-4-1)67-53-27-13-29-55-61(53)65(47-23-11-17-41-33-31-39-15-7-9-25-51(39)69(55)63(41)47)49-35-45-46-36-50-58(38-60(46)71-59(45)37-57(49)67)68(44-21-5-2-6-22-44)54-28-14-30-56-62(54)66(50)48-24-12-18-42-34-32-40-16-8-10-26-52(40)70(56)64(42)48/h1-30,35-38H,31-34H2. The van der Waals surface area contributed by atoms with Crippen LogP contribution in [-0.4, -0.2) is 13.4 Å². The minimum atomic E-state index is 0.0552. The largest absolute Gasteiger partial charge is 0.311 e. The molecule has 10 aromatic carbocycles. The molecule has 0 amide bonds. The maximum absolute atomic E-state index is 2.61. The van der Waals surface area contributed by atoms with Crippen LogP contribution in [0.2, 0.25) is 0 Å². The van der Waals surface area contributed by atoms with E-state index in [2.05, 4.69) is 226 Å². The van der Waals surface area contributed by atoms with Gasteiger partial charge in [-0.25, -0.2) is 0 Å². The highest BCUT2D eigenvalue weighted by atomic mass is 32.1. The Balaban J connectivity index is 0.949. The molecule has 0 aliphatic carbocycles. The van der Waals surface area contributed by atoms with Crippen molar-refractivity contribution in [2.45, 2.75) is 25.7 Å². The molecular formula is C64H42B2N4S. The molecule has 71 heavy (non-hydrogen) atoms. The molecule has 0 saturated heterocycles. The van der Waals surface area contributed by atoms with Crippen LogP contribution in [-0.2, 0) is 25.7 Å². The number of hydrogen-bond donors (Lipinski definition) is 0. The first kappa shape index (κ1) is 38.6. The van der Waals surface area contributed by atoms with Gasteiger partial charge in [-0.2, -0.15) is 0 Å². The minimum absolute atomic E-state index is 0.0552. The fourth-order valence-corrected chi connectivity index (χ4v) is 15.0. The van der Waals surface area contributed by atoms with Gasteiger partial charge in [-0.15, -0.1) is 11.3 Å². The SMILES string of the molecule is c1ccc(N2c3cc4sc5cc6c(cc5c4cc3B3c4cccc5c4N(c4ccccc4CC5)c4cccc2c43)B2c3cccc4c3N(c3ccccc3CC4)c3cccc(c32)N6c2ccccc2)cc1. The molecule has 4 nitrogen and oxygen atoms in total. The first-order chi connectivity index (χ1) is 35.2. The lowest BCUT2D eigenvalue weighted by Gasteiger charge is -2.44. The molecule has 0 radical (unpaired) electrons. The predicted octanol–water partition coefficient (Wildman–Crippen LogP) is 12.4. The number of nitrogens with zero attached hydrogens (tertiary/aromatic N) is 4. The molecule has 330 valence electrons. The fourth-order valence-electron chi connectivity index (χ4n) is 13.9. The Bertz CT molecular complexity index is 3870. The van der Waals surface area contributed by atoms with Gasteiger partial charge < -0.3 is 19.6 Å². The van der Waals surface area contributed by atoms with Crippen LogP contribution in [0.4, 0.5) is 68.2 Å². The first-order valence-corrected chi connectivity index (χ1v) is 26.1. The molecule has 0 bridgehead atoms. The van der Waals surface area contributed by atoms with Crippen LogP contribution in [0.5, 0.6) is 0 Å². The molecule has 0 unspecified atom stereocenters. The van der Waals surface area contributed by atoms with Crippen molar-refractivity contribution in [2.75, 3.05) is 19.6 Å². The topological polar surface area (TPSA) is 13.0 Å². The fraction of sp³-hybridized carbons (Fsp3) is 0.0625. The molecule has 7 heterocycles. The van der Waals surface area contributed by atoms with Crippen molar-refractivity contribution in [3.63, 3.8) is 0 Å². The van der Waals surface area contributed by atoms with Gasteiger partial charge in [-0.05, 0) is 164 Å². The van der Waals surface area contributed by atoms with E-state index in [0.717, 1.165) is 25.7 Å². The number of benzene rings is 10. The second-order valence-corrected chi connectivity index (χ2v) is 21.3. The van der Waals surface area contributed by atoms with Gasteiger partial charge >= 0.3 is 0 Å². The van der Waals surface area contributed by atoms with Crippen LogP contribution in [0.1, 0.15) is 22.3 Å². The molecule has 0 fully saturated rings. The zero-order valence-electron chi connectivity index (χ0n) is 38.8. The van der Waals surface area contributed by atoms with Gasteiger partial charge in [0.25, 0.3) is 13.4 Å². The van der Waals surface area contributed by atoms with Crippen LogP contribution in [0, 0.1) is 0 Å². The molecule has 6 aliphatic rings. The van der Waals surface area contributed by atoms with Crippen LogP contribution in [0.25, 0.3) is 20.2 Å². The minimum Gasteiger partial charge on any atom is -0.311 e. The molecule has 11 aromatic rings. The monoisotopic (exact) mass is 920 g/mol. The van der Waals surface area contributed by atoms with E-state index in [1.165, 1.54) is 143 Å². The van der Waals surface area contributed by atoms with Gasteiger partial charge in [0.2, 0.25) is 0 Å². The summed E-state index contributed by atoms with van der Waals surface area (Å²) in [5.74, 6) is 0. The van der Waals surface area contributed by atoms with E-state index in [1.54, 1.807) is 0 Å². The second kappa shape index (κ2) is 14.2. The summed E-state index contributed by atoms with van der Waals surface area (Å²) in [6.45, 7) is 0.110. The van der Waals surface area contributed by atoms with E-state index < -0.39 is 0 Å². The van der Waals surface area contributed by atoms with Crippen LogP contribution >= 0.6 is 11.3 Å². The smallest absolute Gasteiger partial charge is 0.252 e. The number of hydrogen-bond acceptors (Lipinski definition) is 5. The first-order valence-electron chi connectivity index (χ1n) is 25.2. The maximum Gasteiger partial charge on any atom is 0.252 e. The van der Waals surface area contributed by atoms with Crippen molar-refractivity contribution in [3.8, 4) is 0 Å². The molecule has 0 saturated carbocycles. The van der Waals surface area contributed by atoms with E-state index in [1.807, 2.05) is 11.3 Å². The predicted molar refractivity (Wildman–Crippen MR) is 302 cm³/mol. The number of anilines is 12. The number of rotatable bonds is 2. The Hall–Kier alpha value is -8.25. The summed E-state index contributed by atoms with van der Waals surface area (Å²) in [5.41, 5.74) is 29.2. The van der Waals surface area contributed by atoms with Gasteiger partial charge in [-0.1, -0.05) is 133 Å². The molecule has 17 rings (SSSR count).